The molecule has 1 saturated heterocycles. The quantitative estimate of drug-likeness (QED) is 0.794. The number of benzene rings is 1. The summed E-state index contributed by atoms with van der Waals surface area (Å²) in [6.07, 6.45) is 0. The molecule has 0 aliphatic carbocycles. The van der Waals surface area contributed by atoms with Crippen LogP contribution in [0.25, 0.3) is 5.69 Å². The van der Waals surface area contributed by atoms with Crippen LogP contribution in [0.3, 0.4) is 0 Å². The van der Waals surface area contributed by atoms with Gasteiger partial charge >= 0.3 is 0 Å². The Morgan fingerprint density at radius 3 is 2.54 bits per heavy atom. The molecule has 2 heterocycles. The van der Waals surface area contributed by atoms with Crippen molar-refractivity contribution in [3.8, 4) is 17.3 Å². The first-order valence-electron chi connectivity index (χ1n) is 8.42. The van der Waals surface area contributed by atoms with Gasteiger partial charge in [-0.2, -0.15) is 16.9 Å². The lowest BCUT2D eigenvalue weighted by Crippen LogP contribution is -2.41. The van der Waals surface area contributed by atoms with Crippen LogP contribution in [0.1, 0.15) is 17.4 Å². The first kappa shape index (κ1) is 18.3. The second-order valence-electron chi connectivity index (χ2n) is 5.64. The highest BCUT2D eigenvalue weighted by Gasteiger charge is 2.24. The molecule has 0 atom stereocenters. The highest BCUT2D eigenvalue weighted by molar-refractivity contribution is 7.99. The number of amides is 1. The van der Waals surface area contributed by atoms with Crippen molar-refractivity contribution in [2.75, 3.05) is 38.3 Å². The number of carbonyl (C=O) groups is 1. The van der Waals surface area contributed by atoms with Crippen LogP contribution < -0.4 is 14.9 Å². The lowest BCUT2D eigenvalue weighted by atomic mass is 10.3. The summed E-state index contributed by atoms with van der Waals surface area (Å²) >= 11 is 1.80. The van der Waals surface area contributed by atoms with E-state index in [0.717, 1.165) is 11.5 Å². The van der Waals surface area contributed by atoms with E-state index in [4.69, 9.17) is 9.47 Å². The van der Waals surface area contributed by atoms with Crippen molar-refractivity contribution in [3.63, 3.8) is 0 Å². The molecule has 1 amide bonds. The van der Waals surface area contributed by atoms with Crippen LogP contribution in [0.2, 0.25) is 0 Å². The predicted octanol–water partition coefficient (Wildman–Crippen LogP) is 1.83. The third-order valence-electron chi connectivity index (χ3n) is 4.01. The Labute approximate surface area is 155 Å². The molecule has 1 fully saturated rings. The van der Waals surface area contributed by atoms with Crippen molar-refractivity contribution in [1.82, 2.24) is 14.7 Å². The van der Waals surface area contributed by atoms with Gasteiger partial charge in [0.25, 0.3) is 5.91 Å². The maximum absolute atomic E-state index is 12.8. The second-order valence-corrected chi connectivity index (χ2v) is 6.87. The van der Waals surface area contributed by atoms with Gasteiger partial charge in [-0.05, 0) is 31.2 Å². The fourth-order valence-corrected chi connectivity index (χ4v) is 3.57. The van der Waals surface area contributed by atoms with E-state index in [1.807, 2.05) is 6.92 Å². The molecule has 1 aromatic carbocycles. The number of carbonyl (C=O) groups excluding carboxylic acids is 1. The molecule has 0 spiro atoms. The van der Waals surface area contributed by atoms with E-state index in [2.05, 4.69) is 5.10 Å². The Bertz CT molecular complexity index is 829. The van der Waals surface area contributed by atoms with Crippen molar-refractivity contribution in [2.24, 2.45) is 0 Å². The number of methoxy groups -OCH3 is 1. The molecule has 1 aliphatic rings. The lowest BCUT2D eigenvalue weighted by Gasteiger charge is -2.26. The maximum atomic E-state index is 12.8. The van der Waals surface area contributed by atoms with Crippen LogP contribution in [0, 0.1) is 0 Å². The van der Waals surface area contributed by atoms with Gasteiger partial charge in [0.15, 0.2) is 5.69 Å². The minimum absolute atomic E-state index is 0.0869. The first-order valence-corrected chi connectivity index (χ1v) is 9.58. The van der Waals surface area contributed by atoms with E-state index >= 15 is 0 Å². The predicted molar refractivity (Wildman–Crippen MR) is 101 cm³/mol. The third-order valence-corrected chi connectivity index (χ3v) is 4.95. The van der Waals surface area contributed by atoms with Gasteiger partial charge in [0, 0.05) is 24.6 Å². The molecule has 1 aromatic heterocycles. The zero-order valence-corrected chi connectivity index (χ0v) is 15.6. The van der Waals surface area contributed by atoms with E-state index < -0.39 is 5.43 Å². The van der Waals surface area contributed by atoms with E-state index in [1.54, 1.807) is 48.0 Å². The van der Waals surface area contributed by atoms with Gasteiger partial charge in [-0.3, -0.25) is 9.59 Å². The zero-order chi connectivity index (χ0) is 18.5. The van der Waals surface area contributed by atoms with Crippen LogP contribution in [-0.2, 0) is 0 Å². The van der Waals surface area contributed by atoms with E-state index in [-0.39, 0.29) is 11.6 Å². The van der Waals surface area contributed by atoms with Crippen molar-refractivity contribution >= 4 is 17.7 Å². The summed E-state index contributed by atoms with van der Waals surface area (Å²) in [5.41, 5.74) is 0.162. The molecule has 0 saturated carbocycles. The molecule has 138 valence electrons. The van der Waals surface area contributed by atoms with Crippen molar-refractivity contribution in [2.45, 2.75) is 6.92 Å². The van der Waals surface area contributed by atoms with E-state index in [0.29, 0.717) is 37.0 Å². The fraction of sp³-hybridized carbons (Fsp3) is 0.389. The highest BCUT2D eigenvalue weighted by Crippen LogP contribution is 2.19. The van der Waals surface area contributed by atoms with Crippen molar-refractivity contribution < 1.29 is 14.3 Å². The smallest absolute Gasteiger partial charge is 0.278 e. The molecular formula is C18H21N3O4S. The number of hydrogen-bond donors (Lipinski definition) is 0. The van der Waals surface area contributed by atoms with Gasteiger partial charge in [0.2, 0.25) is 11.3 Å². The number of ether oxygens (including phenoxy) is 2. The Morgan fingerprint density at radius 2 is 1.92 bits per heavy atom. The minimum atomic E-state index is -0.429. The number of rotatable bonds is 5. The van der Waals surface area contributed by atoms with E-state index in [1.165, 1.54) is 10.7 Å². The van der Waals surface area contributed by atoms with Gasteiger partial charge in [0.05, 0.1) is 25.5 Å². The van der Waals surface area contributed by atoms with Crippen LogP contribution in [0.4, 0.5) is 0 Å². The van der Waals surface area contributed by atoms with Crippen LogP contribution in [0.15, 0.2) is 35.1 Å². The number of aromatic nitrogens is 2. The SMILES string of the molecule is CCOc1cc(=O)c(C(=O)N2CCSCC2)nn1-c1ccc(OC)cc1. The summed E-state index contributed by atoms with van der Waals surface area (Å²) in [7, 11) is 1.59. The summed E-state index contributed by atoms with van der Waals surface area (Å²) < 4.78 is 12.2. The van der Waals surface area contributed by atoms with E-state index in [9.17, 15) is 9.59 Å². The van der Waals surface area contributed by atoms with Gasteiger partial charge in [-0.1, -0.05) is 0 Å². The summed E-state index contributed by atoms with van der Waals surface area (Å²) in [5.74, 6) is 2.41. The number of thioether (sulfide) groups is 1. The zero-order valence-electron chi connectivity index (χ0n) is 14.8. The normalized spacial score (nSPS) is 14.2. The lowest BCUT2D eigenvalue weighted by molar-refractivity contribution is 0.0762. The number of nitrogens with zero attached hydrogens (tertiary/aromatic N) is 3. The summed E-state index contributed by atoms with van der Waals surface area (Å²) in [5, 5.41) is 4.33. The molecule has 1 aliphatic heterocycles. The highest BCUT2D eigenvalue weighted by atomic mass is 32.2. The Hall–Kier alpha value is -2.48. The molecule has 2 aromatic rings. The molecule has 3 rings (SSSR count). The molecule has 0 radical (unpaired) electrons. The van der Waals surface area contributed by atoms with Gasteiger partial charge in [0.1, 0.15) is 5.75 Å². The fourth-order valence-electron chi connectivity index (χ4n) is 2.66. The molecular weight excluding hydrogens is 354 g/mol. The third kappa shape index (κ3) is 3.85. The van der Waals surface area contributed by atoms with Crippen molar-refractivity contribution in [1.29, 1.82) is 0 Å². The standard InChI is InChI=1S/C18H21N3O4S/c1-3-25-16-12-15(22)17(18(23)20-8-10-26-11-9-20)19-21(16)13-4-6-14(24-2)7-5-13/h4-7,12H,3,8-11H2,1-2H3. The van der Waals surface area contributed by atoms with Gasteiger partial charge in [-0.15, -0.1) is 0 Å². The van der Waals surface area contributed by atoms with Crippen LogP contribution in [-0.4, -0.2) is 58.9 Å². The minimum Gasteiger partial charge on any atom is -0.497 e. The maximum Gasteiger partial charge on any atom is 0.278 e. The van der Waals surface area contributed by atoms with Gasteiger partial charge < -0.3 is 14.4 Å². The van der Waals surface area contributed by atoms with Crippen LogP contribution >= 0.6 is 11.8 Å². The Balaban J connectivity index is 2.03. The first-order chi connectivity index (χ1) is 12.6. The summed E-state index contributed by atoms with van der Waals surface area (Å²) in [4.78, 5) is 26.9. The topological polar surface area (TPSA) is 73.7 Å². The molecule has 8 heteroatoms. The van der Waals surface area contributed by atoms with Gasteiger partial charge in [-0.25, -0.2) is 4.68 Å². The molecule has 26 heavy (non-hydrogen) atoms. The average Bonchev–Trinajstić information content (AvgIpc) is 2.69. The summed E-state index contributed by atoms with van der Waals surface area (Å²) in [6, 6.07) is 8.49. The molecule has 0 N–H and O–H groups in total. The second kappa shape index (κ2) is 8.27. The monoisotopic (exact) mass is 375 g/mol. The van der Waals surface area contributed by atoms with Crippen molar-refractivity contribution in [3.05, 3.63) is 46.2 Å². The molecule has 0 unspecified atom stereocenters. The Morgan fingerprint density at radius 1 is 1.23 bits per heavy atom. The number of hydrogen-bond acceptors (Lipinski definition) is 6. The summed E-state index contributed by atoms with van der Waals surface area (Å²) in [6.45, 7) is 3.46. The molecule has 7 nitrogen and oxygen atoms in total. The average molecular weight is 375 g/mol. The van der Waals surface area contributed by atoms with Crippen LogP contribution in [0.5, 0.6) is 11.6 Å². The Kier molecular flexibility index (Phi) is 5.82. The largest absolute Gasteiger partial charge is 0.497 e. The molecule has 0 bridgehead atoms.